The first-order valence-corrected chi connectivity index (χ1v) is 6.30. The molecule has 0 aromatic heterocycles. The molecule has 1 aliphatic heterocycles. The molecule has 1 saturated heterocycles. The summed E-state index contributed by atoms with van der Waals surface area (Å²) in [5.41, 5.74) is 6.01. The zero-order valence-corrected chi connectivity index (χ0v) is 9.93. The molecule has 1 aliphatic carbocycles. The van der Waals surface area contributed by atoms with Crippen molar-refractivity contribution in [3.63, 3.8) is 0 Å². The molecular formula is C12H22N2O2. The van der Waals surface area contributed by atoms with E-state index in [2.05, 4.69) is 6.92 Å². The number of hydrogen-bond donors (Lipinski definition) is 2. The van der Waals surface area contributed by atoms with Crippen molar-refractivity contribution in [1.82, 2.24) is 4.90 Å². The molecule has 1 heterocycles. The number of carbonyl (C=O) groups is 1. The Morgan fingerprint density at radius 2 is 2.12 bits per heavy atom. The summed E-state index contributed by atoms with van der Waals surface area (Å²) >= 11 is 0. The molecule has 0 spiro atoms. The molecule has 0 aromatic carbocycles. The van der Waals surface area contributed by atoms with Crippen LogP contribution in [0.15, 0.2) is 0 Å². The topological polar surface area (TPSA) is 66.6 Å². The summed E-state index contributed by atoms with van der Waals surface area (Å²) in [5.74, 6) is 0.837. The smallest absolute Gasteiger partial charge is 0.225 e. The third-order valence-corrected chi connectivity index (χ3v) is 4.08. The Balaban J connectivity index is 1.90. The predicted octanol–water partition coefficient (Wildman–Crippen LogP) is 0.343. The first-order valence-electron chi connectivity index (χ1n) is 6.30. The molecule has 3 N–H and O–H groups in total. The van der Waals surface area contributed by atoms with Crippen LogP contribution < -0.4 is 5.73 Å². The van der Waals surface area contributed by atoms with Gasteiger partial charge in [-0.15, -0.1) is 0 Å². The molecule has 4 nitrogen and oxygen atoms in total. The average molecular weight is 226 g/mol. The summed E-state index contributed by atoms with van der Waals surface area (Å²) in [4.78, 5) is 14.0. The summed E-state index contributed by atoms with van der Waals surface area (Å²) in [6, 6.07) is 0.162. The monoisotopic (exact) mass is 226 g/mol. The zero-order chi connectivity index (χ0) is 11.7. The van der Waals surface area contributed by atoms with E-state index in [1.54, 1.807) is 4.90 Å². The van der Waals surface area contributed by atoms with E-state index in [0.29, 0.717) is 19.0 Å². The van der Waals surface area contributed by atoms with E-state index in [9.17, 15) is 9.90 Å². The molecule has 1 amide bonds. The Kier molecular flexibility index (Phi) is 3.50. The lowest BCUT2D eigenvalue weighted by molar-refractivity contribution is -0.136. The summed E-state index contributed by atoms with van der Waals surface area (Å²) in [7, 11) is 0. The normalized spacial score (nSPS) is 40.1. The van der Waals surface area contributed by atoms with Gasteiger partial charge in [0.25, 0.3) is 0 Å². The van der Waals surface area contributed by atoms with Gasteiger partial charge in [0, 0.05) is 25.0 Å². The van der Waals surface area contributed by atoms with E-state index in [1.165, 1.54) is 0 Å². The molecule has 4 unspecified atom stereocenters. The maximum Gasteiger partial charge on any atom is 0.225 e. The van der Waals surface area contributed by atoms with Gasteiger partial charge in [0.1, 0.15) is 0 Å². The first kappa shape index (κ1) is 11.9. The van der Waals surface area contributed by atoms with Crippen molar-refractivity contribution in [3.05, 3.63) is 0 Å². The van der Waals surface area contributed by atoms with Crippen LogP contribution in [0.3, 0.4) is 0 Å². The molecule has 0 bridgehead atoms. The highest BCUT2D eigenvalue weighted by atomic mass is 16.3. The SMILES string of the molecule is CC1CCC(C(=O)N2CCC(O)C2)CC1N. The van der Waals surface area contributed by atoms with Crippen LogP contribution >= 0.6 is 0 Å². The van der Waals surface area contributed by atoms with Crippen LogP contribution in [0, 0.1) is 11.8 Å². The quantitative estimate of drug-likeness (QED) is 0.677. The van der Waals surface area contributed by atoms with Crippen LogP contribution in [0.1, 0.15) is 32.6 Å². The van der Waals surface area contributed by atoms with Gasteiger partial charge in [0.2, 0.25) is 5.91 Å². The van der Waals surface area contributed by atoms with Gasteiger partial charge in [0.15, 0.2) is 0 Å². The van der Waals surface area contributed by atoms with Crippen LogP contribution in [-0.4, -0.2) is 41.1 Å². The Labute approximate surface area is 96.8 Å². The lowest BCUT2D eigenvalue weighted by atomic mass is 9.79. The summed E-state index contributed by atoms with van der Waals surface area (Å²) in [6.45, 7) is 3.38. The predicted molar refractivity (Wildman–Crippen MR) is 61.7 cm³/mol. The molecule has 1 saturated carbocycles. The minimum absolute atomic E-state index is 0.0940. The number of hydrogen-bond acceptors (Lipinski definition) is 3. The van der Waals surface area contributed by atoms with Crippen LogP contribution in [-0.2, 0) is 4.79 Å². The van der Waals surface area contributed by atoms with Crippen LogP contribution in [0.25, 0.3) is 0 Å². The number of aliphatic hydroxyl groups excluding tert-OH is 1. The Morgan fingerprint density at radius 3 is 2.69 bits per heavy atom. The number of aliphatic hydroxyl groups is 1. The van der Waals surface area contributed by atoms with Gasteiger partial charge in [-0.25, -0.2) is 0 Å². The van der Waals surface area contributed by atoms with Crippen molar-refractivity contribution in [2.45, 2.75) is 44.8 Å². The molecule has 4 heteroatoms. The third-order valence-electron chi connectivity index (χ3n) is 4.08. The maximum atomic E-state index is 12.2. The van der Waals surface area contributed by atoms with Gasteiger partial charge in [-0.1, -0.05) is 6.92 Å². The zero-order valence-electron chi connectivity index (χ0n) is 9.93. The molecular weight excluding hydrogens is 204 g/mol. The number of nitrogens with two attached hydrogens (primary N) is 1. The maximum absolute atomic E-state index is 12.2. The van der Waals surface area contributed by atoms with Crippen LogP contribution in [0.2, 0.25) is 0 Å². The van der Waals surface area contributed by atoms with Gasteiger partial charge in [0.05, 0.1) is 6.10 Å². The van der Waals surface area contributed by atoms with E-state index >= 15 is 0 Å². The fraction of sp³-hybridized carbons (Fsp3) is 0.917. The second kappa shape index (κ2) is 4.72. The van der Waals surface area contributed by atoms with E-state index in [0.717, 1.165) is 25.7 Å². The Morgan fingerprint density at radius 1 is 1.38 bits per heavy atom. The minimum atomic E-state index is -0.319. The van der Waals surface area contributed by atoms with Crippen molar-refractivity contribution in [2.75, 3.05) is 13.1 Å². The number of amides is 1. The fourth-order valence-corrected chi connectivity index (χ4v) is 2.78. The second-order valence-electron chi connectivity index (χ2n) is 5.38. The number of nitrogens with zero attached hydrogens (tertiary/aromatic N) is 1. The Hall–Kier alpha value is -0.610. The standard InChI is InChI=1S/C12H22N2O2/c1-8-2-3-9(6-11(8)13)12(16)14-5-4-10(15)7-14/h8-11,15H,2-7,13H2,1H3. The second-order valence-corrected chi connectivity index (χ2v) is 5.38. The number of likely N-dealkylation sites (tertiary alicyclic amines) is 1. The van der Waals surface area contributed by atoms with Crippen molar-refractivity contribution in [2.24, 2.45) is 17.6 Å². The highest BCUT2D eigenvalue weighted by Crippen LogP contribution is 2.29. The molecule has 0 aromatic rings. The van der Waals surface area contributed by atoms with Crippen molar-refractivity contribution >= 4 is 5.91 Å². The molecule has 92 valence electrons. The minimum Gasteiger partial charge on any atom is -0.391 e. The number of β-amino-alcohol motifs (C(OH)–C–C–N with tert-alkyl or cyclic N) is 1. The van der Waals surface area contributed by atoms with Gasteiger partial charge >= 0.3 is 0 Å². The lowest BCUT2D eigenvalue weighted by Crippen LogP contribution is -2.42. The summed E-state index contributed by atoms with van der Waals surface area (Å²) in [5, 5.41) is 9.42. The van der Waals surface area contributed by atoms with Crippen molar-refractivity contribution in [1.29, 1.82) is 0 Å². The van der Waals surface area contributed by atoms with Gasteiger partial charge < -0.3 is 15.7 Å². The van der Waals surface area contributed by atoms with Gasteiger partial charge in [-0.2, -0.15) is 0 Å². The van der Waals surface area contributed by atoms with Crippen LogP contribution in [0.5, 0.6) is 0 Å². The summed E-state index contributed by atoms with van der Waals surface area (Å²) < 4.78 is 0. The molecule has 0 radical (unpaired) electrons. The van der Waals surface area contributed by atoms with Crippen molar-refractivity contribution < 1.29 is 9.90 Å². The van der Waals surface area contributed by atoms with E-state index in [4.69, 9.17) is 5.73 Å². The molecule has 2 rings (SSSR count). The largest absolute Gasteiger partial charge is 0.391 e. The molecule has 4 atom stereocenters. The molecule has 2 fully saturated rings. The van der Waals surface area contributed by atoms with E-state index in [1.807, 2.05) is 0 Å². The molecule has 2 aliphatic rings. The van der Waals surface area contributed by atoms with E-state index in [-0.39, 0.29) is 24.0 Å². The van der Waals surface area contributed by atoms with Crippen LogP contribution in [0.4, 0.5) is 0 Å². The highest BCUT2D eigenvalue weighted by molar-refractivity contribution is 5.79. The first-order chi connectivity index (χ1) is 7.58. The summed E-state index contributed by atoms with van der Waals surface area (Å²) in [6.07, 6.45) is 3.22. The number of rotatable bonds is 1. The van der Waals surface area contributed by atoms with E-state index < -0.39 is 0 Å². The lowest BCUT2D eigenvalue weighted by Gasteiger charge is -2.33. The van der Waals surface area contributed by atoms with Gasteiger partial charge in [-0.3, -0.25) is 4.79 Å². The average Bonchev–Trinajstić information content (AvgIpc) is 2.68. The fourth-order valence-electron chi connectivity index (χ4n) is 2.78. The van der Waals surface area contributed by atoms with Gasteiger partial charge in [-0.05, 0) is 31.6 Å². The highest BCUT2D eigenvalue weighted by Gasteiger charge is 2.34. The Bertz CT molecular complexity index is 270. The number of carbonyl (C=O) groups excluding carboxylic acids is 1. The third kappa shape index (κ3) is 2.38. The molecule has 16 heavy (non-hydrogen) atoms. The van der Waals surface area contributed by atoms with Crippen molar-refractivity contribution in [3.8, 4) is 0 Å².